The van der Waals surface area contributed by atoms with E-state index in [1.54, 1.807) is 6.07 Å². The Balaban J connectivity index is 1.61. The van der Waals surface area contributed by atoms with Gasteiger partial charge in [-0.1, -0.05) is 18.2 Å². The Labute approximate surface area is 117 Å². The van der Waals surface area contributed by atoms with Gasteiger partial charge in [0, 0.05) is 19.1 Å². The molecule has 110 valence electrons. The molecule has 2 nitrogen and oxygen atoms in total. The third-order valence-corrected chi connectivity index (χ3v) is 4.48. The second kappa shape index (κ2) is 5.37. The third-order valence-electron chi connectivity index (χ3n) is 4.48. The molecule has 1 unspecified atom stereocenters. The van der Waals surface area contributed by atoms with Crippen LogP contribution in [0.25, 0.3) is 0 Å². The fourth-order valence-electron chi connectivity index (χ4n) is 3.30. The molecule has 1 aromatic rings. The van der Waals surface area contributed by atoms with Gasteiger partial charge in [-0.2, -0.15) is 13.2 Å². The first-order valence-electron chi connectivity index (χ1n) is 7.14. The van der Waals surface area contributed by atoms with Gasteiger partial charge in [-0.25, -0.2) is 0 Å². The maximum atomic E-state index is 12.7. The molecule has 0 amide bonds. The smallest absolute Gasteiger partial charge is 0.308 e. The summed E-state index contributed by atoms with van der Waals surface area (Å²) in [6, 6.07) is 6.03. The van der Waals surface area contributed by atoms with Gasteiger partial charge >= 0.3 is 6.18 Å². The molecule has 0 saturated carbocycles. The standard InChI is InChI=1S/C15H19F3N2/c16-15(17,18)13-3-1-2-11(8-13)9-19-14-10-20-6-4-12(14)5-7-20/h1-3,8,12,14,19H,4-7,9-10H2. The van der Waals surface area contributed by atoms with Crippen LogP contribution in [0.15, 0.2) is 24.3 Å². The molecule has 3 saturated heterocycles. The van der Waals surface area contributed by atoms with Crippen LogP contribution in [-0.2, 0) is 12.7 Å². The molecule has 3 aliphatic rings. The van der Waals surface area contributed by atoms with Crippen molar-refractivity contribution >= 4 is 0 Å². The lowest BCUT2D eigenvalue weighted by Crippen LogP contribution is -2.55. The summed E-state index contributed by atoms with van der Waals surface area (Å²) in [4.78, 5) is 2.43. The molecule has 0 radical (unpaired) electrons. The van der Waals surface area contributed by atoms with E-state index in [-0.39, 0.29) is 0 Å². The summed E-state index contributed by atoms with van der Waals surface area (Å²) in [7, 11) is 0. The molecule has 1 N–H and O–H groups in total. The van der Waals surface area contributed by atoms with Gasteiger partial charge < -0.3 is 10.2 Å². The number of piperidine rings is 3. The van der Waals surface area contributed by atoms with Gasteiger partial charge in [0.1, 0.15) is 0 Å². The zero-order valence-electron chi connectivity index (χ0n) is 11.3. The van der Waals surface area contributed by atoms with Crippen molar-refractivity contribution in [3.63, 3.8) is 0 Å². The molecule has 1 aromatic carbocycles. The van der Waals surface area contributed by atoms with E-state index in [4.69, 9.17) is 0 Å². The van der Waals surface area contributed by atoms with E-state index < -0.39 is 11.7 Å². The summed E-state index contributed by atoms with van der Waals surface area (Å²) in [5, 5.41) is 3.44. The minimum atomic E-state index is -4.26. The van der Waals surface area contributed by atoms with E-state index in [1.807, 2.05) is 0 Å². The highest BCUT2D eigenvalue weighted by atomic mass is 19.4. The van der Waals surface area contributed by atoms with Crippen molar-refractivity contribution in [2.24, 2.45) is 5.92 Å². The van der Waals surface area contributed by atoms with E-state index in [0.717, 1.165) is 12.6 Å². The number of alkyl halides is 3. The Bertz CT molecular complexity index is 464. The van der Waals surface area contributed by atoms with Gasteiger partial charge in [0.15, 0.2) is 0 Å². The van der Waals surface area contributed by atoms with E-state index in [9.17, 15) is 13.2 Å². The number of nitrogens with zero attached hydrogens (tertiary/aromatic N) is 1. The van der Waals surface area contributed by atoms with Crippen molar-refractivity contribution in [1.29, 1.82) is 0 Å². The van der Waals surface area contributed by atoms with E-state index in [1.165, 1.54) is 38.1 Å². The predicted molar refractivity (Wildman–Crippen MR) is 71.2 cm³/mol. The summed E-state index contributed by atoms with van der Waals surface area (Å²) < 4.78 is 38.0. The van der Waals surface area contributed by atoms with Crippen molar-refractivity contribution in [3.05, 3.63) is 35.4 Å². The summed E-state index contributed by atoms with van der Waals surface area (Å²) in [6.07, 6.45) is -1.84. The van der Waals surface area contributed by atoms with Gasteiger partial charge in [0.25, 0.3) is 0 Å². The molecule has 4 rings (SSSR count). The molecule has 2 bridgehead atoms. The zero-order valence-corrected chi connectivity index (χ0v) is 11.3. The van der Waals surface area contributed by atoms with Crippen LogP contribution in [0.1, 0.15) is 24.0 Å². The van der Waals surface area contributed by atoms with Gasteiger partial charge in [0.2, 0.25) is 0 Å². The SMILES string of the molecule is FC(F)(F)c1cccc(CNC2CN3CCC2CC3)c1. The molecule has 3 heterocycles. The Morgan fingerprint density at radius 3 is 2.55 bits per heavy atom. The lowest BCUT2D eigenvalue weighted by atomic mass is 9.84. The van der Waals surface area contributed by atoms with Gasteiger partial charge in [0.05, 0.1) is 5.56 Å². The van der Waals surface area contributed by atoms with Crippen LogP contribution in [0.3, 0.4) is 0 Å². The Kier molecular flexibility index (Phi) is 3.73. The number of halogens is 3. The van der Waals surface area contributed by atoms with E-state index >= 15 is 0 Å². The molecule has 1 atom stereocenters. The first-order chi connectivity index (χ1) is 9.52. The van der Waals surface area contributed by atoms with Crippen LogP contribution in [0.2, 0.25) is 0 Å². The quantitative estimate of drug-likeness (QED) is 0.918. The molecule has 20 heavy (non-hydrogen) atoms. The van der Waals surface area contributed by atoms with Crippen LogP contribution in [0, 0.1) is 5.92 Å². The van der Waals surface area contributed by atoms with Crippen molar-refractivity contribution in [1.82, 2.24) is 10.2 Å². The molecule has 3 aliphatic heterocycles. The monoisotopic (exact) mass is 284 g/mol. The van der Waals surface area contributed by atoms with Gasteiger partial charge in [-0.05, 0) is 43.5 Å². The van der Waals surface area contributed by atoms with Crippen molar-refractivity contribution in [2.45, 2.75) is 31.6 Å². The Morgan fingerprint density at radius 1 is 1.20 bits per heavy atom. The summed E-state index contributed by atoms with van der Waals surface area (Å²) in [6.45, 7) is 3.89. The third kappa shape index (κ3) is 2.99. The fraction of sp³-hybridized carbons (Fsp3) is 0.600. The molecule has 3 fully saturated rings. The molecular formula is C15H19F3N2. The number of hydrogen-bond acceptors (Lipinski definition) is 2. The Morgan fingerprint density at radius 2 is 1.95 bits per heavy atom. The molecule has 5 heteroatoms. The van der Waals surface area contributed by atoms with E-state index in [2.05, 4.69) is 10.2 Å². The van der Waals surface area contributed by atoms with Crippen molar-refractivity contribution in [2.75, 3.05) is 19.6 Å². The molecule has 0 spiro atoms. The number of fused-ring (bicyclic) bond motifs is 3. The minimum Gasteiger partial charge on any atom is -0.308 e. The highest BCUT2D eigenvalue weighted by molar-refractivity contribution is 5.25. The summed E-state index contributed by atoms with van der Waals surface area (Å²) in [5.41, 5.74) is 0.141. The van der Waals surface area contributed by atoms with Crippen LogP contribution >= 0.6 is 0 Å². The summed E-state index contributed by atoms with van der Waals surface area (Å²) >= 11 is 0. The fourth-order valence-corrected chi connectivity index (χ4v) is 3.30. The predicted octanol–water partition coefficient (Wildman–Crippen LogP) is 2.89. The van der Waals surface area contributed by atoms with Crippen LogP contribution < -0.4 is 5.32 Å². The number of rotatable bonds is 3. The Hall–Kier alpha value is -1.07. The molecular weight excluding hydrogens is 265 g/mol. The topological polar surface area (TPSA) is 15.3 Å². The van der Waals surface area contributed by atoms with Gasteiger partial charge in [-0.15, -0.1) is 0 Å². The summed E-state index contributed by atoms with van der Waals surface area (Å²) in [5.74, 6) is 0.686. The molecule has 0 aromatic heterocycles. The normalized spacial score (nSPS) is 29.6. The maximum absolute atomic E-state index is 12.7. The average Bonchev–Trinajstić information content (AvgIpc) is 2.46. The van der Waals surface area contributed by atoms with E-state index in [0.29, 0.717) is 24.1 Å². The number of hydrogen-bond donors (Lipinski definition) is 1. The highest BCUT2D eigenvalue weighted by Crippen LogP contribution is 2.30. The first-order valence-corrected chi connectivity index (χ1v) is 7.14. The maximum Gasteiger partial charge on any atom is 0.416 e. The van der Waals surface area contributed by atoms with Crippen LogP contribution in [-0.4, -0.2) is 30.6 Å². The second-order valence-corrected chi connectivity index (χ2v) is 5.82. The number of benzene rings is 1. The van der Waals surface area contributed by atoms with Crippen LogP contribution in [0.4, 0.5) is 13.2 Å². The molecule has 0 aliphatic carbocycles. The lowest BCUT2D eigenvalue weighted by molar-refractivity contribution is -0.137. The average molecular weight is 284 g/mol. The first kappa shape index (κ1) is 13.9. The van der Waals surface area contributed by atoms with Crippen LogP contribution in [0.5, 0.6) is 0 Å². The van der Waals surface area contributed by atoms with Gasteiger partial charge in [-0.3, -0.25) is 0 Å². The highest BCUT2D eigenvalue weighted by Gasteiger charge is 2.34. The van der Waals surface area contributed by atoms with Crippen molar-refractivity contribution in [3.8, 4) is 0 Å². The minimum absolute atomic E-state index is 0.423. The zero-order chi connectivity index (χ0) is 14.2. The lowest BCUT2D eigenvalue weighted by Gasteiger charge is -2.45. The largest absolute Gasteiger partial charge is 0.416 e. The second-order valence-electron chi connectivity index (χ2n) is 5.82. The number of nitrogens with one attached hydrogen (secondary N) is 1. The van der Waals surface area contributed by atoms with Crippen molar-refractivity contribution < 1.29 is 13.2 Å².